The largest absolute Gasteiger partial charge is 0.300 e. The first-order chi connectivity index (χ1) is 1.73. The van der Waals surface area contributed by atoms with E-state index < -0.39 is 0 Å². The predicted molar refractivity (Wildman–Crippen MR) is 23.3 cm³/mol. The molecule has 2 heteroatoms. The molecule has 0 aromatic carbocycles. The smallest absolute Gasteiger partial charge is 0.126 e. The number of hydrogen-bond donors (Lipinski definition) is 0. The minimum Gasteiger partial charge on any atom is -0.300 e. The molecule has 5 heavy (non-hydrogen) atoms. The van der Waals surface area contributed by atoms with E-state index in [4.69, 9.17) is 0 Å². The van der Waals surface area contributed by atoms with Crippen LogP contribution in [0.2, 0.25) is 0 Å². The summed E-state index contributed by atoms with van der Waals surface area (Å²) in [5.41, 5.74) is 0. The van der Waals surface area contributed by atoms with Crippen molar-refractivity contribution in [2.75, 3.05) is 0 Å². The van der Waals surface area contributed by atoms with Crippen molar-refractivity contribution < 1.29 is 4.79 Å². The zero-order valence-corrected chi connectivity index (χ0v) is 4.25. The molecule has 0 rings (SSSR count). The van der Waals surface area contributed by atoms with Gasteiger partial charge in [-0.2, -0.15) is 0 Å². The Labute approximate surface area is 35.4 Å². The lowest BCUT2D eigenvalue weighted by Gasteiger charge is -1.56. The summed E-state index contributed by atoms with van der Waals surface area (Å²) >= 11 is 0. The van der Waals surface area contributed by atoms with Gasteiger partial charge in [0, 0.05) is 9.90 Å². The van der Waals surface area contributed by atoms with Crippen LogP contribution in [0.3, 0.4) is 0 Å². The average Bonchev–Trinajstić information content (AvgIpc) is 0.811. The van der Waals surface area contributed by atoms with Gasteiger partial charge < -0.3 is 4.79 Å². The van der Waals surface area contributed by atoms with E-state index in [9.17, 15) is 4.79 Å². The molecule has 0 aliphatic rings. The van der Waals surface area contributed by atoms with E-state index in [2.05, 4.69) is 0 Å². The minimum atomic E-state index is 0. The topological polar surface area (TPSA) is 17.1 Å². The van der Waals surface area contributed by atoms with E-state index in [-0.39, 0.29) is 15.7 Å². The summed E-state index contributed by atoms with van der Waals surface area (Å²) in [5, 5.41) is 0. The zero-order valence-electron chi connectivity index (χ0n) is 3.36. The molecule has 0 amide bonds. The first-order valence-corrected chi connectivity index (χ1v) is 1.20. The van der Waals surface area contributed by atoms with E-state index in [0.717, 1.165) is 0 Å². The minimum absolute atomic E-state index is 0. The summed E-state index contributed by atoms with van der Waals surface area (Å²) in [6.07, 6.45) is 0. The molecule has 0 aromatic heterocycles. The van der Waals surface area contributed by atoms with Crippen LogP contribution in [-0.4, -0.2) is 5.78 Å². The molecule has 0 saturated carbocycles. The second-order valence-electron chi connectivity index (χ2n) is 0.908. The fourth-order valence-electron chi connectivity index (χ4n) is 0. The highest BCUT2D eigenvalue weighted by Crippen LogP contribution is 1.50. The summed E-state index contributed by atoms with van der Waals surface area (Å²) in [6.45, 7) is 3.06. The summed E-state index contributed by atoms with van der Waals surface area (Å²) in [6, 6.07) is 0. The molecular formula is C3H6OP. The maximum atomic E-state index is 9.44. The molecule has 0 fully saturated rings. The number of carbonyl (C=O) groups excluding carboxylic acids is 1. The van der Waals surface area contributed by atoms with E-state index in [0.29, 0.717) is 0 Å². The van der Waals surface area contributed by atoms with Crippen molar-refractivity contribution in [1.29, 1.82) is 0 Å². The third kappa shape index (κ3) is 1810. The Balaban J connectivity index is 0. The predicted octanol–water partition coefficient (Wildman–Crippen LogP) is 1.46. The Morgan fingerprint density at radius 3 is 1.40 bits per heavy atom. The molecule has 0 N–H and O–H groups in total. The second-order valence-corrected chi connectivity index (χ2v) is 0.908. The van der Waals surface area contributed by atoms with E-state index >= 15 is 0 Å². The quantitative estimate of drug-likeness (QED) is 0.410. The molecule has 0 aliphatic heterocycles. The lowest BCUT2D eigenvalue weighted by atomic mass is 10.6. The standard InChI is InChI=1S/C3H6O.P/c1-3(2)4;/h1-2H3;. The molecule has 0 spiro atoms. The van der Waals surface area contributed by atoms with Crippen LogP contribution in [0, 0.1) is 0 Å². The van der Waals surface area contributed by atoms with Gasteiger partial charge in [0.15, 0.2) is 0 Å². The number of rotatable bonds is 0. The van der Waals surface area contributed by atoms with Crippen LogP contribution in [-0.2, 0) is 4.79 Å². The summed E-state index contributed by atoms with van der Waals surface area (Å²) in [5.74, 6) is 0.167. The summed E-state index contributed by atoms with van der Waals surface area (Å²) < 4.78 is 0. The van der Waals surface area contributed by atoms with Crippen LogP contribution in [0.4, 0.5) is 0 Å². The Kier molecular flexibility index (Phi) is 7.32. The molecule has 0 aliphatic carbocycles. The molecule has 1 nitrogen and oxygen atoms in total. The van der Waals surface area contributed by atoms with Gasteiger partial charge in [0.25, 0.3) is 0 Å². The highest BCUT2D eigenvalue weighted by atomic mass is 31.0. The number of ketones is 1. The number of Topliss-reactive ketones (excluding diaryl/α,β-unsaturated/α-hetero) is 1. The fraction of sp³-hybridized carbons (Fsp3) is 0.667. The number of hydrogen-bond acceptors (Lipinski definition) is 1. The Bertz CT molecular complexity index is 29.9. The summed E-state index contributed by atoms with van der Waals surface area (Å²) in [7, 11) is 0. The first kappa shape index (κ1) is 8.92. The van der Waals surface area contributed by atoms with E-state index in [1.807, 2.05) is 0 Å². The van der Waals surface area contributed by atoms with Gasteiger partial charge in [0.2, 0.25) is 0 Å². The average molecular weight is 89.1 g/mol. The van der Waals surface area contributed by atoms with Gasteiger partial charge in [-0.15, -0.1) is 0 Å². The van der Waals surface area contributed by atoms with Gasteiger partial charge in [-0.25, -0.2) is 0 Å². The maximum absolute atomic E-state index is 9.44. The van der Waals surface area contributed by atoms with Gasteiger partial charge in [-0.05, 0) is 13.8 Å². The third-order valence-electron chi connectivity index (χ3n) is 0. The van der Waals surface area contributed by atoms with Crippen molar-refractivity contribution in [2.24, 2.45) is 0 Å². The highest BCUT2D eigenvalue weighted by Gasteiger charge is 1.62. The molecule has 0 bridgehead atoms. The van der Waals surface area contributed by atoms with Crippen LogP contribution in [0.5, 0.6) is 0 Å². The highest BCUT2D eigenvalue weighted by molar-refractivity contribution is 6.92. The Morgan fingerprint density at radius 1 is 1.40 bits per heavy atom. The van der Waals surface area contributed by atoms with Crippen LogP contribution < -0.4 is 0 Å². The normalized spacial score (nSPS) is 5.20. The zero-order chi connectivity index (χ0) is 3.58. The lowest BCUT2D eigenvalue weighted by molar-refractivity contribution is -0.114. The van der Waals surface area contributed by atoms with Gasteiger partial charge in [-0.3, -0.25) is 0 Å². The van der Waals surface area contributed by atoms with Crippen molar-refractivity contribution in [1.82, 2.24) is 0 Å². The van der Waals surface area contributed by atoms with Crippen molar-refractivity contribution in [3.05, 3.63) is 0 Å². The molecule has 0 unspecified atom stereocenters. The monoisotopic (exact) mass is 89.0 g/mol. The molecule has 3 radical (unpaired) electrons. The van der Waals surface area contributed by atoms with Crippen molar-refractivity contribution in [2.45, 2.75) is 13.8 Å². The molecule has 29 valence electrons. The maximum Gasteiger partial charge on any atom is 0.126 e. The van der Waals surface area contributed by atoms with Gasteiger partial charge in [-0.1, -0.05) is 0 Å². The van der Waals surface area contributed by atoms with Gasteiger partial charge in [0.1, 0.15) is 5.78 Å². The molecule has 0 saturated heterocycles. The van der Waals surface area contributed by atoms with Crippen LogP contribution in [0.25, 0.3) is 0 Å². The number of carbonyl (C=O) groups is 1. The lowest BCUT2D eigenvalue weighted by Crippen LogP contribution is -1.69. The first-order valence-electron chi connectivity index (χ1n) is 1.20. The van der Waals surface area contributed by atoms with Gasteiger partial charge >= 0.3 is 0 Å². The van der Waals surface area contributed by atoms with E-state index in [1.54, 1.807) is 0 Å². The Hall–Kier alpha value is 0.100. The molecule has 0 heterocycles. The van der Waals surface area contributed by atoms with Gasteiger partial charge in [0.05, 0.1) is 0 Å². The third-order valence-corrected chi connectivity index (χ3v) is 0. The van der Waals surface area contributed by atoms with Crippen LogP contribution in [0.15, 0.2) is 0 Å². The Morgan fingerprint density at radius 2 is 1.40 bits per heavy atom. The van der Waals surface area contributed by atoms with Crippen molar-refractivity contribution in [3.63, 3.8) is 0 Å². The molecule has 0 aromatic rings. The van der Waals surface area contributed by atoms with E-state index in [1.165, 1.54) is 13.8 Å². The SMILES string of the molecule is CC(C)=O.[P]. The van der Waals surface area contributed by atoms with Crippen LogP contribution >= 0.6 is 9.90 Å². The van der Waals surface area contributed by atoms with Crippen molar-refractivity contribution in [3.8, 4) is 0 Å². The molecule has 0 atom stereocenters. The fourth-order valence-corrected chi connectivity index (χ4v) is 0. The van der Waals surface area contributed by atoms with Crippen molar-refractivity contribution >= 4 is 15.7 Å². The second kappa shape index (κ2) is 4.10. The van der Waals surface area contributed by atoms with Crippen LogP contribution in [0.1, 0.15) is 13.8 Å². The molecular weight excluding hydrogens is 83.0 g/mol. The summed E-state index contributed by atoms with van der Waals surface area (Å²) in [4.78, 5) is 9.44.